The van der Waals surface area contributed by atoms with Crippen LogP contribution in [-0.2, 0) is 11.3 Å². The molecule has 2 aromatic rings. The number of ether oxygens (including phenoxy) is 1. The summed E-state index contributed by atoms with van der Waals surface area (Å²) >= 11 is 3.47. The van der Waals surface area contributed by atoms with E-state index >= 15 is 0 Å². The highest BCUT2D eigenvalue weighted by Gasteiger charge is 2.32. The lowest BCUT2D eigenvalue weighted by atomic mass is 10.1. The SMILES string of the molecule is Cc1cc(OCC(=O)N2C[C@H](C)N(Cc3ccc(F)cc3)C[C@H]2C)ccc1Br. The Balaban J connectivity index is 1.56. The molecule has 0 bridgehead atoms. The largest absolute Gasteiger partial charge is 0.484 e. The van der Waals surface area contributed by atoms with Crippen LogP contribution in [0.2, 0.25) is 0 Å². The van der Waals surface area contributed by atoms with Crippen LogP contribution >= 0.6 is 15.9 Å². The van der Waals surface area contributed by atoms with Gasteiger partial charge in [0.25, 0.3) is 5.91 Å². The number of hydrogen-bond acceptors (Lipinski definition) is 3. The predicted octanol–water partition coefficient (Wildman–Crippen LogP) is 4.40. The van der Waals surface area contributed by atoms with Crippen molar-refractivity contribution in [1.29, 1.82) is 0 Å². The van der Waals surface area contributed by atoms with Gasteiger partial charge in [0.2, 0.25) is 0 Å². The molecule has 0 radical (unpaired) electrons. The molecule has 2 atom stereocenters. The number of piperazine rings is 1. The van der Waals surface area contributed by atoms with E-state index < -0.39 is 0 Å². The molecule has 0 aliphatic carbocycles. The van der Waals surface area contributed by atoms with E-state index in [2.05, 4.69) is 34.7 Å². The third kappa shape index (κ3) is 5.11. The molecule has 2 aromatic carbocycles. The molecule has 1 aliphatic rings. The number of halogens is 2. The summed E-state index contributed by atoms with van der Waals surface area (Å²) in [6.45, 7) is 8.40. The van der Waals surface area contributed by atoms with Crippen molar-refractivity contribution in [2.45, 2.75) is 39.4 Å². The van der Waals surface area contributed by atoms with E-state index in [0.29, 0.717) is 12.3 Å². The summed E-state index contributed by atoms with van der Waals surface area (Å²) in [6, 6.07) is 12.6. The molecule has 0 unspecified atom stereocenters. The molecule has 150 valence electrons. The first-order valence-corrected chi connectivity index (χ1v) is 10.3. The van der Waals surface area contributed by atoms with E-state index in [4.69, 9.17) is 4.74 Å². The van der Waals surface area contributed by atoms with Gasteiger partial charge in [-0.05, 0) is 62.2 Å². The Bertz CT molecular complexity index is 828. The zero-order valence-corrected chi connectivity index (χ0v) is 18.1. The summed E-state index contributed by atoms with van der Waals surface area (Å²) in [5.74, 6) is 0.479. The molecule has 3 rings (SSSR count). The first-order valence-electron chi connectivity index (χ1n) is 9.50. The van der Waals surface area contributed by atoms with Gasteiger partial charge in [0.15, 0.2) is 6.61 Å². The standard InChI is InChI=1S/C22H26BrFN2O2/c1-15-10-20(8-9-21(15)23)28-14-22(27)26-12-16(2)25(11-17(26)3)13-18-4-6-19(24)7-5-18/h4-10,16-17H,11-14H2,1-3H3/t16-,17+/m0/s1. The van der Waals surface area contributed by atoms with Gasteiger partial charge in [-0.3, -0.25) is 9.69 Å². The Morgan fingerprint density at radius 2 is 1.86 bits per heavy atom. The minimum atomic E-state index is -0.221. The Morgan fingerprint density at radius 3 is 2.54 bits per heavy atom. The highest BCUT2D eigenvalue weighted by molar-refractivity contribution is 9.10. The highest BCUT2D eigenvalue weighted by Crippen LogP contribution is 2.22. The summed E-state index contributed by atoms with van der Waals surface area (Å²) in [4.78, 5) is 16.9. The molecule has 4 nitrogen and oxygen atoms in total. The van der Waals surface area contributed by atoms with Crippen LogP contribution in [0.25, 0.3) is 0 Å². The summed E-state index contributed by atoms with van der Waals surface area (Å²) in [6.07, 6.45) is 0. The number of hydrogen-bond donors (Lipinski definition) is 0. The zero-order valence-electron chi connectivity index (χ0n) is 16.5. The van der Waals surface area contributed by atoms with E-state index in [1.54, 1.807) is 0 Å². The molecule has 1 fully saturated rings. The second-order valence-electron chi connectivity index (χ2n) is 7.50. The van der Waals surface area contributed by atoms with Gasteiger partial charge in [0.05, 0.1) is 0 Å². The fourth-order valence-electron chi connectivity index (χ4n) is 3.53. The second-order valence-corrected chi connectivity index (χ2v) is 8.35. The predicted molar refractivity (Wildman–Crippen MR) is 112 cm³/mol. The van der Waals surface area contributed by atoms with Gasteiger partial charge in [0.1, 0.15) is 11.6 Å². The van der Waals surface area contributed by atoms with Gasteiger partial charge >= 0.3 is 0 Å². The third-order valence-corrected chi connectivity index (χ3v) is 6.12. The molecular formula is C22H26BrFN2O2. The average Bonchev–Trinajstić information content (AvgIpc) is 2.67. The molecular weight excluding hydrogens is 423 g/mol. The van der Waals surface area contributed by atoms with Gasteiger partial charge in [-0.1, -0.05) is 28.1 Å². The maximum atomic E-state index is 13.1. The van der Waals surface area contributed by atoms with Gasteiger partial charge in [-0.15, -0.1) is 0 Å². The van der Waals surface area contributed by atoms with E-state index in [1.165, 1.54) is 12.1 Å². The van der Waals surface area contributed by atoms with E-state index in [0.717, 1.165) is 28.7 Å². The second kappa shape index (κ2) is 9.05. The maximum absolute atomic E-state index is 13.1. The monoisotopic (exact) mass is 448 g/mol. The zero-order chi connectivity index (χ0) is 20.3. The molecule has 1 heterocycles. The van der Waals surface area contributed by atoms with Crippen molar-refractivity contribution in [1.82, 2.24) is 9.80 Å². The number of carbonyl (C=O) groups is 1. The Labute approximate surface area is 174 Å². The minimum absolute atomic E-state index is 0.00125. The van der Waals surface area contributed by atoms with Gasteiger partial charge < -0.3 is 9.64 Å². The van der Waals surface area contributed by atoms with Crippen molar-refractivity contribution in [3.05, 3.63) is 63.9 Å². The van der Waals surface area contributed by atoms with E-state index in [-0.39, 0.29) is 30.4 Å². The van der Waals surface area contributed by atoms with Crippen molar-refractivity contribution in [2.24, 2.45) is 0 Å². The first-order chi connectivity index (χ1) is 13.3. The van der Waals surface area contributed by atoms with Crippen LogP contribution in [0.4, 0.5) is 4.39 Å². The van der Waals surface area contributed by atoms with Crippen molar-refractivity contribution >= 4 is 21.8 Å². The van der Waals surface area contributed by atoms with Gasteiger partial charge in [-0.25, -0.2) is 4.39 Å². The van der Waals surface area contributed by atoms with E-state index in [1.807, 2.05) is 42.2 Å². The van der Waals surface area contributed by atoms with Crippen molar-refractivity contribution < 1.29 is 13.9 Å². The smallest absolute Gasteiger partial charge is 0.260 e. The topological polar surface area (TPSA) is 32.8 Å². The Kier molecular flexibility index (Phi) is 6.73. The number of nitrogens with zero attached hydrogens (tertiary/aromatic N) is 2. The highest BCUT2D eigenvalue weighted by atomic mass is 79.9. The van der Waals surface area contributed by atoms with Crippen molar-refractivity contribution in [2.75, 3.05) is 19.7 Å². The summed E-state index contributed by atoms with van der Waals surface area (Å²) < 4.78 is 19.8. The Hall–Kier alpha value is -1.92. The number of aryl methyl sites for hydroxylation is 1. The Morgan fingerprint density at radius 1 is 1.14 bits per heavy atom. The molecule has 1 saturated heterocycles. The number of benzene rings is 2. The third-order valence-electron chi connectivity index (χ3n) is 5.23. The van der Waals surface area contributed by atoms with Crippen molar-refractivity contribution in [3.63, 3.8) is 0 Å². The molecule has 1 aliphatic heterocycles. The maximum Gasteiger partial charge on any atom is 0.260 e. The lowest BCUT2D eigenvalue weighted by Crippen LogP contribution is -2.58. The summed E-state index contributed by atoms with van der Waals surface area (Å²) in [5, 5.41) is 0. The number of amides is 1. The minimum Gasteiger partial charge on any atom is -0.484 e. The van der Waals surface area contributed by atoms with E-state index in [9.17, 15) is 9.18 Å². The van der Waals surface area contributed by atoms with Gasteiger partial charge in [-0.2, -0.15) is 0 Å². The van der Waals surface area contributed by atoms with Crippen molar-refractivity contribution in [3.8, 4) is 5.75 Å². The molecule has 1 amide bonds. The molecule has 0 saturated carbocycles. The van der Waals surface area contributed by atoms with Crippen LogP contribution in [0.5, 0.6) is 5.75 Å². The molecule has 0 aromatic heterocycles. The van der Waals surface area contributed by atoms with Crippen LogP contribution in [0.1, 0.15) is 25.0 Å². The lowest BCUT2D eigenvalue weighted by molar-refractivity contribution is -0.139. The van der Waals surface area contributed by atoms with Crippen LogP contribution in [0.3, 0.4) is 0 Å². The number of carbonyl (C=O) groups excluding carboxylic acids is 1. The van der Waals surface area contributed by atoms with Crippen LogP contribution in [0.15, 0.2) is 46.9 Å². The fourth-order valence-corrected chi connectivity index (χ4v) is 3.77. The summed E-state index contributed by atoms with van der Waals surface area (Å²) in [7, 11) is 0. The average molecular weight is 449 g/mol. The quantitative estimate of drug-likeness (QED) is 0.679. The van der Waals surface area contributed by atoms with Crippen LogP contribution in [-0.4, -0.2) is 47.5 Å². The molecule has 28 heavy (non-hydrogen) atoms. The molecule has 0 spiro atoms. The number of rotatable bonds is 5. The van der Waals surface area contributed by atoms with Crippen LogP contribution in [0, 0.1) is 12.7 Å². The molecule has 0 N–H and O–H groups in total. The normalized spacial score (nSPS) is 20.2. The summed E-state index contributed by atoms with van der Waals surface area (Å²) in [5.41, 5.74) is 2.15. The lowest BCUT2D eigenvalue weighted by Gasteiger charge is -2.44. The fraction of sp³-hybridized carbons (Fsp3) is 0.409. The van der Waals surface area contributed by atoms with Crippen LogP contribution < -0.4 is 4.74 Å². The molecule has 6 heteroatoms. The van der Waals surface area contributed by atoms with Gasteiger partial charge in [0, 0.05) is 36.2 Å². The first kappa shape index (κ1) is 20.8.